The Hall–Kier alpha value is -0.120. The molecule has 0 aromatic carbocycles. The van der Waals surface area contributed by atoms with Crippen LogP contribution in [0.1, 0.15) is 20.3 Å². The van der Waals surface area contributed by atoms with Crippen molar-refractivity contribution in [2.45, 2.75) is 32.4 Å². The second kappa shape index (κ2) is 4.17. The van der Waals surface area contributed by atoms with Gasteiger partial charge in [0.25, 0.3) is 0 Å². The second-order valence-corrected chi connectivity index (χ2v) is 4.99. The van der Waals surface area contributed by atoms with Crippen LogP contribution >= 0.6 is 0 Å². The predicted octanol–water partition coefficient (Wildman–Crippen LogP) is 0.297. The van der Waals surface area contributed by atoms with Gasteiger partial charge in [-0.25, -0.2) is 0 Å². The van der Waals surface area contributed by atoms with Crippen LogP contribution < -0.4 is 5.32 Å². The van der Waals surface area contributed by atoms with Crippen molar-refractivity contribution in [1.82, 2.24) is 10.2 Å². The number of aliphatic hydroxyl groups is 1. The molecule has 0 saturated carbocycles. The Morgan fingerprint density at radius 2 is 2.21 bits per heavy atom. The summed E-state index contributed by atoms with van der Waals surface area (Å²) >= 11 is 0. The summed E-state index contributed by atoms with van der Waals surface area (Å²) in [5.74, 6) is 1.24. The van der Waals surface area contributed by atoms with Gasteiger partial charge in [0, 0.05) is 19.1 Å². The summed E-state index contributed by atoms with van der Waals surface area (Å²) in [6.07, 6.45) is 1.19. The van der Waals surface area contributed by atoms with Crippen LogP contribution in [0.15, 0.2) is 0 Å². The first-order valence-corrected chi connectivity index (χ1v) is 5.81. The van der Waals surface area contributed by atoms with Gasteiger partial charge >= 0.3 is 0 Å². The minimum absolute atomic E-state index is 0.105. The number of likely N-dealkylation sites (tertiary alicyclic amines) is 1. The van der Waals surface area contributed by atoms with Crippen LogP contribution in [0.5, 0.6) is 0 Å². The van der Waals surface area contributed by atoms with Gasteiger partial charge in [0.1, 0.15) is 0 Å². The lowest BCUT2D eigenvalue weighted by molar-refractivity contribution is 0.134. The number of hydrogen-bond acceptors (Lipinski definition) is 3. The molecule has 0 radical (unpaired) electrons. The van der Waals surface area contributed by atoms with Crippen LogP contribution in [0.25, 0.3) is 0 Å². The van der Waals surface area contributed by atoms with Crippen molar-refractivity contribution in [3.8, 4) is 0 Å². The standard InChI is InChI=1S/C11H22N2O/c1-8-6-13(7-11(8)14)9(2)10-3-4-12-5-10/h8-12,14H,3-7H2,1-2H3. The van der Waals surface area contributed by atoms with E-state index in [1.54, 1.807) is 0 Å². The molecule has 0 spiro atoms. The highest BCUT2D eigenvalue weighted by atomic mass is 16.3. The average molecular weight is 198 g/mol. The normalized spacial score (nSPS) is 41.8. The van der Waals surface area contributed by atoms with Crippen molar-refractivity contribution < 1.29 is 5.11 Å². The third-order valence-electron chi connectivity index (χ3n) is 3.96. The zero-order valence-electron chi connectivity index (χ0n) is 9.24. The second-order valence-electron chi connectivity index (χ2n) is 4.99. The van der Waals surface area contributed by atoms with Gasteiger partial charge in [0.05, 0.1) is 6.10 Å². The van der Waals surface area contributed by atoms with Gasteiger partial charge in [-0.1, -0.05) is 6.92 Å². The molecule has 3 nitrogen and oxygen atoms in total. The summed E-state index contributed by atoms with van der Waals surface area (Å²) in [7, 11) is 0. The third kappa shape index (κ3) is 1.95. The van der Waals surface area contributed by atoms with Crippen LogP contribution in [0.4, 0.5) is 0 Å². The maximum Gasteiger partial charge on any atom is 0.0704 e. The molecule has 0 bridgehead atoms. The Kier molecular flexibility index (Phi) is 3.10. The highest BCUT2D eigenvalue weighted by Crippen LogP contribution is 2.24. The van der Waals surface area contributed by atoms with E-state index in [0.29, 0.717) is 12.0 Å². The summed E-state index contributed by atoms with van der Waals surface area (Å²) in [4.78, 5) is 2.45. The lowest BCUT2D eigenvalue weighted by Crippen LogP contribution is -2.38. The van der Waals surface area contributed by atoms with Crippen LogP contribution in [-0.2, 0) is 0 Å². The van der Waals surface area contributed by atoms with E-state index in [0.717, 1.165) is 25.6 Å². The molecule has 2 heterocycles. The summed E-state index contributed by atoms with van der Waals surface area (Å²) in [6.45, 7) is 8.72. The minimum atomic E-state index is -0.105. The van der Waals surface area contributed by atoms with Gasteiger partial charge in [0.15, 0.2) is 0 Å². The molecule has 82 valence electrons. The number of β-amino-alcohol motifs (C(OH)–C–C–N with tert-alkyl or cyclic N) is 1. The molecule has 3 heteroatoms. The number of hydrogen-bond donors (Lipinski definition) is 2. The molecule has 2 aliphatic heterocycles. The summed E-state index contributed by atoms with van der Waals surface area (Å²) in [5, 5.41) is 13.1. The van der Waals surface area contributed by atoms with Gasteiger partial charge < -0.3 is 10.4 Å². The fraction of sp³-hybridized carbons (Fsp3) is 1.00. The number of nitrogens with zero attached hydrogens (tertiary/aromatic N) is 1. The van der Waals surface area contributed by atoms with E-state index in [1.807, 2.05) is 0 Å². The van der Waals surface area contributed by atoms with Gasteiger partial charge in [-0.2, -0.15) is 0 Å². The molecule has 14 heavy (non-hydrogen) atoms. The lowest BCUT2D eigenvalue weighted by atomic mass is 9.99. The third-order valence-corrected chi connectivity index (χ3v) is 3.96. The van der Waals surface area contributed by atoms with Gasteiger partial charge in [-0.3, -0.25) is 4.90 Å². The van der Waals surface area contributed by atoms with Gasteiger partial charge in [-0.15, -0.1) is 0 Å². The number of rotatable bonds is 2. The fourth-order valence-corrected chi connectivity index (χ4v) is 2.71. The Balaban J connectivity index is 1.88. The SMILES string of the molecule is CC1CN(C(C)C2CCNC2)CC1O. The molecule has 4 atom stereocenters. The van der Waals surface area contributed by atoms with Crippen molar-refractivity contribution in [2.75, 3.05) is 26.2 Å². The molecule has 0 aromatic rings. The van der Waals surface area contributed by atoms with E-state index in [1.165, 1.54) is 13.0 Å². The van der Waals surface area contributed by atoms with Crippen molar-refractivity contribution >= 4 is 0 Å². The van der Waals surface area contributed by atoms with E-state index in [-0.39, 0.29) is 6.10 Å². The quantitative estimate of drug-likeness (QED) is 0.670. The van der Waals surface area contributed by atoms with Crippen molar-refractivity contribution in [3.05, 3.63) is 0 Å². The highest BCUT2D eigenvalue weighted by molar-refractivity contribution is 4.89. The summed E-state index contributed by atoms with van der Waals surface area (Å²) < 4.78 is 0. The smallest absolute Gasteiger partial charge is 0.0704 e. The number of aliphatic hydroxyl groups excluding tert-OH is 1. The average Bonchev–Trinajstić information content (AvgIpc) is 2.76. The minimum Gasteiger partial charge on any atom is -0.391 e. The van der Waals surface area contributed by atoms with E-state index >= 15 is 0 Å². The van der Waals surface area contributed by atoms with Crippen molar-refractivity contribution in [1.29, 1.82) is 0 Å². The van der Waals surface area contributed by atoms with Crippen LogP contribution in [-0.4, -0.2) is 48.3 Å². The first-order valence-electron chi connectivity index (χ1n) is 5.81. The van der Waals surface area contributed by atoms with Gasteiger partial charge in [-0.05, 0) is 38.3 Å². The van der Waals surface area contributed by atoms with E-state index < -0.39 is 0 Å². The molecule has 2 fully saturated rings. The monoisotopic (exact) mass is 198 g/mol. The maximum absolute atomic E-state index is 9.70. The molecular weight excluding hydrogens is 176 g/mol. The van der Waals surface area contributed by atoms with Crippen molar-refractivity contribution in [3.63, 3.8) is 0 Å². The van der Waals surface area contributed by atoms with Crippen LogP contribution in [0.2, 0.25) is 0 Å². The molecule has 2 N–H and O–H groups in total. The molecule has 0 amide bonds. The molecule has 0 aliphatic carbocycles. The van der Waals surface area contributed by atoms with E-state index in [4.69, 9.17) is 0 Å². The zero-order chi connectivity index (χ0) is 10.1. The lowest BCUT2D eigenvalue weighted by Gasteiger charge is -2.28. The first kappa shape index (κ1) is 10.4. The summed E-state index contributed by atoms with van der Waals surface area (Å²) in [6, 6.07) is 0.629. The zero-order valence-corrected chi connectivity index (χ0v) is 9.24. The predicted molar refractivity (Wildman–Crippen MR) is 57.2 cm³/mol. The van der Waals surface area contributed by atoms with Crippen LogP contribution in [0.3, 0.4) is 0 Å². The van der Waals surface area contributed by atoms with Gasteiger partial charge in [0.2, 0.25) is 0 Å². The molecule has 0 aromatic heterocycles. The fourth-order valence-electron chi connectivity index (χ4n) is 2.71. The largest absolute Gasteiger partial charge is 0.391 e. The Morgan fingerprint density at radius 3 is 2.71 bits per heavy atom. The Labute approximate surface area is 86.5 Å². The molecule has 2 rings (SSSR count). The molecule has 4 unspecified atom stereocenters. The molecule has 2 aliphatic rings. The van der Waals surface area contributed by atoms with Crippen molar-refractivity contribution in [2.24, 2.45) is 11.8 Å². The number of nitrogens with one attached hydrogen (secondary N) is 1. The Morgan fingerprint density at radius 1 is 1.43 bits per heavy atom. The molecular formula is C11H22N2O. The van der Waals surface area contributed by atoms with E-state index in [2.05, 4.69) is 24.1 Å². The molecule has 2 saturated heterocycles. The summed E-state index contributed by atoms with van der Waals surface area (Å²) in [5.41, 5.74) is 0. The highest BCUT2D eigenvalue weighted by Gasteiger charge is 2.34. The topological polar surface area (TPSA) is 35.5 Å². The maximum atomic E-state index is 9.70. The van der Waals surface area contributed by atoms with Crippen LogP contribution in [0, 0.1) is 11.8 Å². The van der Waals surface area contributed by atoms with E-state index in [9.17, 15) is 5.11 Å². The first-order chi connectivity index (χ1) is 6.68. The Bertz CT molecular complexity index is 182.